The monoisotopic (exact) mass is 500 g/mol. The third-order valence-electron chi connectivity index (χ3n) is 3.92. The second-order valence-corrected chi connectivity index (χ2v) is 5.85. The van der Waals surface area contributed by atoms with Gasteiger partial charge in [-0.2, -0.15) is 13.2 Å². The summed E-state index contributed by atoms with van der Waals surface area (Å²) in [5.41, 5.74) is -0.601. The molecule has 3 N–H and O–H groups in total. The number of carbonyl (C=O) groups excluding carboxylic acids is 1. The first kappa shape index (κ1) is 23.5. The molecule has 1 amide bonds. The van der Waals surface area contributed by atoms with Gasteiger partial charge in [0.2, 0.25) is 0 Å². The van der Waals surface area contributed by atoms with Crippen molar-refractivity contribution in [3.05, 3.63) is 35.4 Å². The van der Waals surface area contributed by atoms with E-state index >= 15 is 0 Å². The minimum Gasteiger partial charge on any atom is -0.376 e. The average Bonchev–Trinajstić information content (AvgIpc) is 3.14. The number of nitrogens with zero attached hydrogens (tertiary/aromatic N) is 1. The van der Waals surface area contributed by atoms with Crippen LogP contribution in [0.2, 0.25) is 0 Å². The molecule has 2 rings (SSSR count). The van der Waals surface area contributed by atoms with Crippen molar-refractivity contribution in [2.24, 2.45) is 4.99 Å². The van der Waals surface area contributed by atoms with Crippen molar-refractivity contribution in [1.82, 2.24) is 16.0 Å². The average molecular weight is 500 g/mol. The van der Waals surface area contributed by atoms with Gasteiger partial charge in [0.05, 0.1) is 11.7 Å². The number of carbonyl (C=O) groups is 1. The maximum Gasteiger partial charge on any atom is 0.416 e. The van der Waals surface area contributed by atoms with Crippen molar-refractivity contribution < 1.29 is 22.7 Å². The van der Waals surface area contributed by atoms with Crippen molar-refractivity contribution in [2.75, 3.05) is 33.3 Å². The molecule has 1 heterocycles. The molecule has 1 saturated heterocycles. The van der Waals surface area contributed by atoms with E-state index in [4.69, 9.17) is 4.74 Å². The summed E-state index contributed by atoms with van der Waals surface area (Å²) < 4.78 is 43.0. The summed E-state index contributed by atoms with van der Waals surface area (Å²) in [5, 5.41) is 8.84. The van der Waals surface area contributed by atoms with E-state index in [1.54, 1.807) is 7.05 Å². The lowest BCUT2D eigenvalue weighted by molar-refractivity contribution is -0.137. The molecule has 0 aromatic heterocycles. The summed E-state index contributed by atoms with van der Waals surface area (Å²) in [7, 11) is 1.64. The molecule has 1 fully saturated rings. The smallest absolute Gasteiger partial charge is 0.376 e. The van der Waals surface area contributed by atoms with E-state index in [1.807, 2.05) is 0 Å². The van der Waals surface area contributed by atoms with Gasteiger partial charge in [-0.15, -0.1) is 24.0 Å². The summed E-state index contributed by atoms with van der Waals surface area (Å²) >= 11 is 0. The van der Waals surface area contributed by atoms with Crippen LogP contribution in [0.1, 0.15) is 28.8 Å². The van der Waals surface area contributed by atoms with E-state index < -0.39 is 17.6 Å². The van der Waals surface area contributed by atoms with Gasteiger partial charge in [-0.05, 0) is 37.1 Å². The van der Waals surface area contributed by atoms with Crippen LogP contribution in [0.4, 0.5) is 13.2 Å². The fourth-order valence-corrected chi connectivity index (χ4v) is 2.51. The number of guanidine groups is 1. The molecular formula is C17H24F3IN4O2. The molecule has 1 aliphatic heterocycles. The number of halogens is 4. The Morgan fingerprint density at radius 1 is 1.19 bits per heavy atom. The summed E-state index contributed by atoms with van der Waals surface area (Å²) in [6, 6.07) is 4.11. The number of nitrogens with one attached hydrogen (secondary N) is 3. The van der Waals surface area contributed by atoms with Gasteiger partial charge in [-0.3, -0.25) is 9.79 Å². The summed E-state index contributed by atoms with van der Waals surface area (Å²) in [4.78, 5) is 16.0. The van der Waals surface area contributed by atoms with Crippen molar-refractivity contribution in [1.29, 1.82) is 0 Å². The summed E-state index contributed by atoms with van der Waals surface area (Å²) in [6.07, 6.45) is -2.14. The molecule has 1 unspecified atom stereocenters. The molecule has 0 saturated carbocycles. The van der Waals surface area contributed by atoms with Gasteiger partial charge >= 0.3 is 6.18 Å². The lowest BCUT2D eigenvalue weighted by atomic mass is 10.1. The van der Waals surface area contributed by atoms with Gasteiger partial charge in [0, 0.05) is 38.9 Å². The Kier molecular flexibility index (Phi) is 9.84. The number of alkyl halides is 3. The van der Waals surface area contributed by atoms with E-state index in [0.717, 1.165) is 43.7 Å². The van der Waals surface area contributed by atoms with Crippen LogP contribution in [0.3, 0.4) is 0 Å². The lowest BCUT2D eigenvalue weighted by Gasteiger charge is -2.15. The van der Waals surface area contributed by atoms with E-state index in [1.165, 1.54) is 0 Å². The van der Waals surface area contributed by atoms with Crippen LogP contribution in [-0.2, 0) is 10.9 Å². The van der Waals surface area contributed by atoms with Crippen molar-refractivity contribution in [2.45, 2.75) is 25.1 Å². The number of hydrogen-bond acceptors (Lipinski definition) is 3. The minimum atomic E-state index is -4.41. The zero-order valence-corrected chi connectivity index (χ0v) is 17.3. The van der Waals surface area contributed by atoms with Crippen LogP contribution in [0.5, 0.6) is 0 Å². The van der Waals surface area contributed by atoms with E-state index in [0.29, 0.717) is 25.6 Å². The maximum absolute atomic E-state index is 12.5. The fraction of sp³-hybridized carbons (Fsp3) is 0.529. The normalized spacial score (nSPS) is 17.2. The van der Waals surface area contributed by atoms with Gasteiger partial charge in [0.15, 0.2) is 5.96 Å². The number of aliphatic imine (C=N–C) groups is 1. The molecule has 0 aliphatic carbocycles. The highest BCUT2D eigenvalue weighted by atomic mass is 127. The first-order valence-electron chi connectivity index (χ1n) is 8.41. The van der Waals surface area contributed by atoms with Crippen molar-refractivity contribution >= 4 is 35.8 Å². The third kappa shape index (κ3) is 7.91. The molecule has 0 radical (unpaired) electrons. The molecular weight excluding hydrogens is 476 g/mol. The van der Waals surface area contributed by atoms with Crippen LogP contribution >= 0.6 is 24.0 Å². The molecule has 1 aliphatic rings. The van der Waals surface area contributed by atoms with E-state index in [-0.39, 0.29) is 35.6 Å². The molecule has 10 heteroatoms. The highest BCUT2D eigenvalue weighted by molar-refractivity contribution is 14.0. The Bertz CT molecular complexity index is 618. The first-order chi connectivity index (χ1) is 12.4. The molecule has 0 spiro atoms. The van der Waals surface area contributed by atoms with Crippen LogP contribution in [0.25, 0.3) is 0 Å². The van der Waals surface area contributed by atoms with Crippen LogP contribution < -0.4 is 16.0 Å². The van der Waals surface area contributed by atoms with Gasteiger partial charge < -0.3 is 20.7 Å². The molecule has 1 aromatic rings. The summed E-state index contributed by atoms with van der Waals surface area (Å²) in [6.45, 7) is 2.18. The molecule has 1 atom stereocenters. The van der Waals surface area contributed by atoms with E-state index in [9.17, 15) is 18.0 Å². The van der Waals surface area contributed by atoms with Gasteiger partial charge in [0.25, 0.3) is 5.91 Å². The molecule has 6 nitrogen and oxygen atoms in total. The zero-order chi connectivity index (χ0) is 19.0. The molecule has 1 aromatic carbocycles. The lowest BCUT2D eigenvalue weighted by Crippen LogP contribution is -2.43. The molecule has 27 heavy (non-hydrogen) atoms. The number of ether oxygens (including phenoxy) is 1. The Morgan fingerprint density at radius 3 is 2.41 bits per heavy atom. The predicted molar refractivity (Wildman–Crippen MR) is 108 cm³/mol. The Hall–Kier alpha value is -1.56. The number of amides is 1. The first-order valence-corrected chi connectivity index (χ1v) is 8.41. The van der Waals surface area contributed by atoms with Crippen LogP contribution in [0.15, 0.2) is 29.3 Å². The van der Waals surface area contributed by atoms with Gasteiger partial charge in [-0.25, -0.2) is 0 Å². The Labute approximate surface area is 173 Å². The minimum absolute atomic E-state index is 0. The maximum atomic E-state index is 12.5. The molecule has 152 valence electrons. The predicted octanol–water partition coefficient (Wildman–Crippen LogP) is 2.40. The largest absolute Gasteiger partial charge is 0.416 e. The van der Waals surface area contributed by atoms with Gasteiger partial charge in [-0.1, -0.05) is 0 Å². The number of benzene rings is 1. The van der Waals surface area contributed by atoms with Crippen molar-refractivity contribution in [3.8, 4) is 0 Å². The molecule has 0 bridgehead atoms. The van der Waals surface area contributed by atoms with Crippen molar-refractivity contribution in [3.63, 3.8) is 0 Å². The third-order valence-corrected chi connectivity index (χ3v) is 3.92. The Morgan fingerprint density at radius 2 is 1.85 bits per heavy atom. The quantitative estimate of drug-likeness (QED) is 0.243. The van der Waals surface area contributed by atoms with E-state index in [2.05, 4.69) is 20.9 Å². The van der Waals surface area contributed by atoms with Crippen LogP contribution in [-0.4, -0.2) is 51.3 Å². The number of hydrogen-bond donors (Lipinski definition) is 3. The highest BCUT2D eigenvalue weighted by Gasteiger charge is 2.30. The second kappa shape index (κ2) is 11.3. The standard InChI is InChI=1S/C17H23F3N4O2.HI/c1-21-16(24-11-14-3-2-10-26-14)23-9-8-22-15(25)12-4-6-13(7-5-12)17(18,19)20;/h4-7,14H,2-3,8-11H2,1H3,(H,22,25)(H2,21,23,24);1H. The topological polar surface area (TPSA) is 74.8 Å². The zero-order valence-electron chi connectivity index (χ0n) is 14.9. The second-order valence-electron chi connectivity index (χ2n) is 5.85. The Balaban J connectivity index is 0.00000364. The summed E-state index contributed by atoms with van der Waals surface area (Å²) in [5.74, 6) is 0.173. The van der Waals surface area contributed by atoms with Crippen LogP contribution in [0, 0.1) is 0 Å². The van der Waals surface area contributed by atoms with Gasteiger partial charge in [0.1, 0.15) is 0 Å². The highest BCUT2D eigenvalue weighted by Crippen LogP contribution is 2.29. The fourth-order valence-electron chi connectivity index (χ4n) is 2.51. The SMILES string of the molecule is CN=C(NCCNC(=O)c1ccc(C(F)(F)F)cc1)NCC1CCCO1.I. The number of rotatable bonds is 6.